The summed E-state index contributed by atoms with van der Waals surface area (Å²) in [6, 6.07) is 11.7. The average molecular weight is 580 g/mol. The van der Waals surface area contributed by atoms with Gasteiger partial charge in [0.25, 0.3) is 11.2 Å². The summed E-state index contributed by atoms with van der Waals surface area (Å²) in [6.07, 6.45) is -10.7. The molecule has 0 amide bonds. The number of alkyl halides is 6. The molecule has 0 heterocycles. The molecule has 6 nitrogen and oxygen atoms in total. The number of methoxy groups -OCH3 is 2. The summed E-state index contributed by atoms with van der Waals surface area (Å²) in [7, 11) is 1.27. The van der Waals surface area contributed by atoms with Gasteiger partial charge >= 0.3 is 24.3 Å². The molecule has 0 spiro atoms. The van der Waals surface area contributed by atoms with Crippen LogP contribution in [0.3, 0.4) is 0 Å². The fraction of sp³-hybridized carbons (Fsp3) is 0.500. The molecule has 0 aliphatic heterocycles. The lowest BCUT2D eigenvalue weighted by Crippen LogP contribution is -2.53. The van der Waals surface area contributed by atoms with Crippen molar-refractivity contribution in [1.82, 2.24) is 0 Å². The molecule has 2 aromatic carbocycles. The van der Waals surface area contributed by atoms with Crippen LogP contribution in [0.25, 0.3) is 0 Å². The highest BCUT2D eigenvalue weighted by molar-refractivity contribution is 5.83. The minimum Gasteiger partial charge on any atom is -0.459 e. The van der Waals surface area contributed by atoms with Gasteiger partial charge in [-0.3, -0.25) is 0 Å². The number of ether oxygens (including phenoxy) is 4. The van der Waals surface area contributed by atoms with E-state index in [1.165, 1.54) is 36.4 Å². The van der Waals surface area contributed by atoms with E-state index in [1.807, 2.05) is 6.92 Å². The Morgan fingerprint density at radius 1 is 0.750 bits per heavy atom. The molecule has 1 unspecified atom stereocenters. The maximum absolute atomic E-state index is 14.3. The number of benzene rings is 2. The van der Waals surface area contributed by atoms with Crippen molar-refractivity contribution in [2.45, 2.75) is 68.7 Å². The van der Waals surface area contributed by atoms with E-state index in [1.54, 1.807) is 0 Å². The fourth-order valence-electron chi connectivity index (χ4n) is 4.14. The molecule has 0 aliphatic carbocycles. The van der Waals surface area contributed by atoms with Crippen LogP contribution in [0.2, 0.25) is 0 Å². The van der Waals surface area contributed by atoms with Gasteiger partial charge in [-0.1, -0.05) is 86.8 Å². The van der Waals surface area contributed by atoms with Gasteiger partial charge in [-0.15, -0.1) is 0 Å². The first kappa shape index (κ1) is 31.4. The molecule has 2 aromatic rings. The Morgan fingerprint density at radius 3 is 1.60 bits per heavy atom. The van der Waals surface area contributed by atoms with E-state index < -0.39 is 59.3 Å². The number of hydrogen-bond donors (Lipinski definition) is 0. The zero-order valence-electron chi connectivity index (χ0n) is 23.2. The van der Waals surface area contributed by atoms with Crippen molar-refractivity contribution in [2.24, 2.45) is 0 Å². The molecule has 222 valence electrons. The molecular weight excluding hydrogens is 546 g/mol. The Kier molecular flexibility index (Phi) is 11.0. The van der Waals surface area contributed by atoms with Gasteiger partial charge in [-0.25, -0.2) is 9.59 Å². The summed E-state index contributed by atoms with van der Waals surface area (Å²) in [6.45, 7) is -0.458. The first-order valence-corrected chi connectivity index (χ1v) is 12.4. The summed E-state index contributed by atoms with van der Waals surface area (Å²) < 4.78 is 113. The summed E-state index contributed by atoms with van der Waals surface area (Å²) >= 11 is 0. The van der Waals surface area contributed by atoms with Gasteiger partial charge < -0.3 is 18.9 Å². The van der Waals surface area contributed by atoms with E-state index in [2.05, 4.69) is 4.74 Å². The van der Waals surface area contributed by atoms with Gasteiger partial charge in [-0.05, 0) is 12.8 Å². The monoisotopic (exact) mass is 579 g/mol. The molecule has 0 aromatic heterocycles. The summed E-state index contributed by atoms with van der Waals surface area (Å²) in [5, 5.41) is 0. The Morgan fingerprint density at radius 2 is 1.20 bits per heavy atom. The van der Waals surface area contributed by atoms with Gasteiger partial charge in [-0.2, -0.15) is 26.3 Å². The fourth-order valence-corrected chi connectivity index (χ4v) is 4.14. The van der Waals surface area contributed by atoms with E-state index in [4.69, 9.17) is 15.6 Å². The van der Waals surface area contributed by atoms with E-state index in [9.17, 15) is 35.9 Å². The third kappa shape index (κ3) is 6.95. The highest BCUT2D eigenvalue weighted by atomic mass is 19.4. The van der Waals surface area contributed by atoms with Gasteiger partial charge in [0.2, 0.25) is 0 Å². The number of hydrogen-bond acceptors (Lipinski definition) is 6. The lowest BCUT2D eigenvalue weighted by atomic mass is 9.92. The normalized spacial score (nSPS) is 17.1. The van der Waals surface area contributed by atoms with E-state index in [0.29, 0.717) is 27.1 Å². The maximum Gasteiger partial charge on any atom is 0.432 e. The second-order valence-corrected chi connectivity index (χ2v) is 8.83. The minimum absolute atomic E-state index is 0.212. The van der Waals surface area contributed by atoms with Crippen molar-refractivity contribution in [3.8, 4) is 0 Å². The van der Waals surface area contributed by atoms with Crippen molar-refractivity contribution in [1.29, 1.82) is 0 Å². The quantitative estimate of drug-likeness (QED) is 0.142. The molecule has 4 atom stereocenters. The first-order valence-electron chi connectivity index (χ1n) is 13.0. The van der Waals surface area contributed by atoms with Crippen molar-refractivity contribution in [3.05, 3.63) is 71.8 Å². The molecule has 0 saturated heterocycles. The van der Waals surface area contributed by atoms with Crippen LogP contribution in [-0.4, -0.2) is 51.2 Å². The largest absolute Gasteiger partial charge is 0.459 e. The highest BCUT2D eigenvalue weighted by Gasteiger charge is 2.65. The number of unbranched alkanes of at least 4 members (excludes halogenated alkanes) is 3. The van der Waals surface area contributed by atoms with Gasteiger partial charge in [0, 0.05) is 25.3 Å². The maximum atomic E-state index is 14.3. The third-order valence-electron chi connectivity index (χ3n) is 6.27. The summed E-state index contributed by atoms with van der Waals surface area (Å²) in [5.41, 5.74) is -8.55. The van der Waals surface area contributed by atoms with Crippen molar-refractivity contribution in [2.75, 3.05) is 20.8 Å². The molecular formula is C28H32F6O6. The predicted octanol–water partition coefficient (Wildman–Crippen LogP) is 6.62. The molecule has 0 fully saturated rings. The molecule has 0 N–H and O–H groups in total. The van der Waals surface area contributed by atoms with Crippen LogP contribution in [0, 0.1) is 0 Å². The SMILES string of the molecule is [2H][C@H](OC(=O)[C@](OC)(c1ccccc1)C(F)(F)F)C(CCCCCC)OC(=O)[C@](OC)(c1ccccc1)C(F)(F)F. The standard InChI is InChI=1S/C28H32F6O6/c1-4-5-6-13-18-22(40-24(36)26(38-3,28(32,33)34)21-16-11-8-12-17-21)19-39-23(35)25(37-2,27(29,30)31)20-14-9-7-10-15-20/h7-12,14-17,22H,4-6,13,18-19H2,1-3H3/t22?,25-,26-/m1/s1/i19D/t19-,22?,25+,26+/m0. The molecule has 2 rings (SSSR count). The number of carbonyl (C=O) groups is 2. The molecule has 12 heteroatoms. The van der Waals surface area contributed by atoms with Gasteiger partial charge in [0.1, 0.15) is 12.7 Å². The smallest absolute Gasteiger partial charge is 0.432 e. The van der Waals surface area contributed by atoms with Crippen LogP contribution >= 0.6 is 0 Å². The lowest BCUT2D eigenvalue weighted by Gasteiger charge is -2.34. The molecule has 0 aliphatic rings. The van der Waals surface area contributed by atoms with Crippen LogP contribution in [0.4, 0.5) is 26.3 Å². The van der Waals surface area contributed by atoms with Gasteiger partial charge in [0.15, 0.2) is 0 Å². The second kappa shape index (κ2) is 14.0. The third-order valence-corrected chi connectivity index (χ3v) is 6.27. The minimum atomic E-state index is -5.36. The topological polar surface area (TPSA) is 71.1 Å². The lowest BCUT2D eigenvalue weighted by molar-refractivity contribution is -0.282. The average Bonchev–Trinajstić information content (AvgIpc) is 2.91. The van der Waals surface area contributed by atoms with Crippen LogP contribution in [0.5, 0.6) is 0 Å². The summed E-state index contributed by atoms with van der Waals surface area (Å²) in [5.74, 6) is -4.02. The number of esters is 2. The zero-order valence-corrected chi connectivity index (χ0v) is 22.2. The predicted molar refractivity (Wildman–Crippen MR) is 132 cm³/mol. The van der Waals surface area contributed by atoms with Crippen molar-refractivity contribution < 1.29 is 56.2 Å². The number of halogens is 6. The Labute approximate surface area is 230 Å². The van der Waals surface area contributed by atoms with Crippen molar-refractivity contribution >= 4 is 11.9 Å². The highest BCUT2D eigenvalue weighted by Crippen LogP contribution is 2.44. The van der Waals surface area contributed by atoms with Crippen LogP contribution < -0.4 is 0 Å². The second-order valence-electron chi connectivity index (χ2n) is 8.83. The van der Waals surface area contributed by atoms with Crippen LogP contribution in [0.15, 0.2) is 60.7 Å². The van der Waals surface area contributed by atoms with E-state index >= 15 is 0 Å². The van der Waals surface area contributed by atoms with Crippen LogP contribution in [0.1, 0.15) is 51.5 Å². The number of rotatable bonds is 14. The molecule has 0 bridgehead atoms. The Hall–Kier alpha value is -3.12. The Balaban J connectivity index is 2.47. The first-order chi connectivity index (χ1) is 19.2. The van der Waals surface area contributed by atoms with E-state index in [0.717, 1.165) is 30.7 Å². The molecule has 0 saturated carbocycles. The Bertz CT molecular complexity index is 1110. The van der Waals surface area contributed by atoms with Crippen molar-refractivity contribution in [3.63, 3.8) is 0 Å². The molecule has 40 heavy (non-hydrogen) atoms. The number of carbonyl (C=O) groups excluding carboxylic acids is 2. The van der Waals surface area contributed by atoms with Crippen LogP contribution in [-0.2, 0) is 39.7 Å². The van der Waals surface area contributed by atoms with Gasteiger partial charge in [0.05, 0.1) is 1.37 Å². The summed E-state index contributed by atoms with van der Waals surface area (Å²) in [4.78, 5) is 26.2. The molecule has 0 radical (unpaired) electrons. The zero-order chi connectivity index (χ0) is 30.9. The van der Waals surface area contributed by atoms with E-state index in [-0.39, 0.29) is 12.8 Å².